The molecule has 1 aromatic heterocycles. The summed E-state index contributed by atoms with van der Waals surface area (Å²) in [4.78, 5) is 27.6. The second-order valence-electron chi connectivity index (χ2n) is 7.21. The molecule has 0 unspecified atom stereocenters. The van der Waals surface area contributed by atoms with Gasteiger partial charge in [0.05, 0.1) is 18.5 Å². The molecule has 0 bridgehead atoms. The van der Waals surface area contributed by atoms with Crippen molar-refractivity contribution < 1.29 is 9.53 Å². The summed E-state index contributed by atoms with van der Waals surface area (Å²) in [5, 5.41) is 7.93. The third-order valence-electron chi connectivity index (χ3n) is 5.11. The highest BCUT2D eigenvalue weighted by Gasteiger charge is 2.19. The van der Waals surface area contributed by atoms with Gasteiger partial charge in [0.25, 0.3) is 11.5 Å². The van der Waals surface area contributed by atoms with E-state index >= 15 is 0 Å². The van der Waals surface area contributed by atoms with Crippen LogP contribution >= 0.6 is 11.6 Å². The molecule has 160 valence electrons. The van der Waals surface area contributed by atoms with Gasteiger partial charge in [-0.15, -0.1) is 0 Å². The summed E-state index contributed by atoms with van der Waals surface area (Å²) in [5.41, 5.74) is 1.80. The highest BCUT2D eigenvalue weighted by Crippen LogP contribution is 2.25. The van der Waals surface area contributed by atoms with Crippen LogP contribution in [0, 0.1) is 0 Å². The Hall–Kier alpha value is -3.32. The first-order chi connectivity index (χ1) is 15.1. The van der Waals surface area contributed by atoms with Gasteiger partial charge in [-0.1, -0.05) is 11.6 Å². The van der Waals surface area contributed by atoms with Gasteiger partial charge in [0.15, 0.2) is 11.4 Å². The van der Waals surface area contributed by atoms with Crippen LogP contribution < -0.4 is 15.6 Å². The summed E-state index contributed by atoms with van der Waals surface area (Å²) in [6.45, 7) is 3.84. The number of likely N-dealkylation sites (tertiary alicyclic amines) is 1. The maximum Gasteiger partial charge on any atom is 0.299 e. The molecule has 0 spiro atoms. The number of benzene rings is 2. The van der Waals surface area contributed by atoms with Crippen molar-refractivity contribution in [2.24, 2.45) is 0 Å². The number of carbonyl (C=O) groups is 1. The molecule has 31 heavy (non-hydrogen) atoms. The molecule has 8 heteroatoms. The summed E-state index contributed by atoms with van der Waals surface area (Å²) in [6, 6.07) is 13.9. The van der Waals surface area contributed by atoms with E-state index < -0.39 is 0 Å². The highest BCUT2D eigenvalue weighted by molar-refractivity contribution is 6.30. The SMILES string of the molecule is CCOc1cnn(-c2ccc(Cl)cc2)c(=O)c1Nc1ccc(C(=O)N2CCCC2)cc1. The van der Waals surface area contributed by atoms with Crippen molar-refractivity contribution in [1.29, 1.82) is 0 Å². The van der Waals surface area contributed by atoms with Gasteiger partial charge in [-0.25, -0.2) is 0 Å². The smallest absolute Gasteiger partial charge is 0.299 e. The molecule has 1 amide bonds. The van der Waals surface area contributed by atoms with Crippen molar-refractivity contribution in [2.75, 3.05) is 25.0 Å². The molecule has 1 aliphatic heterocycles. The third kappa shape index (κ3) is 4.56. The normalized spacial score (nSPS) is 13.3. The van der Waals surface area contributed by atoms with Gasteiger partial charge in [-0.3, -0.25) is 9.59 Å². The summed E-state index contributed by atoms with van der Waals surface area (Å²) in [6.07, 6.45) is 3.61. The van der Waals surface area contributed by atoms with Crippen LogP contribution in [0.1, 0.15) is 30.1 Å². The van der Waals surface area contributed by atoms with E-state index in [9.17, 15) is 9.59 Å². The van der Waals surface area contributed by atoms with E-state index in [1.54, 1.807) is 48.5 Å². The molecule has 0 saturated carbocycles. The van der Waals surface area contributed by atoms with Gasteiger partial charge in [0.2, 0.25) is 0 Å². The van der Waals surface area contributed by atoms with Gasteiger partial charge in [0, 0.05) is 29.4 Å². The second kappa shape index (κ2) is 9.22. The summed E-state index contributed by atoms with van der Waals surface area (Å²) < 4.78 is 6.89. The average Bonchev–Trinajstić information content (AvgIpc) is 3.32. The predicted octanol–water partition coefficient (Wildman–Crippen LogP) is 4.26. The van der Waals surface area contributed by atoms with Crippen molar-refractivity contribution in [1.82, 2.24) is 14.7 Å². The monoisotopic (exact) mass is 438 g/mol. The maximum absolute atomic E-state index is 13.2. The van der Waals surface area contributed by atoms with Crippen LogP contribution in [0.5, 0.6) is 5.75 Å². The lowest BCUT2D eigenvalue weighted by molar-refractivity contribution is 0.0793. The van der Waals surface area contributed by atoms with E-state index in [0.29, 0.717) is 34.3 Å². The Morgan fingerprint density at radius 2 is 1.77 bits per heavy atom. The zero-order valence-electron chi connectivity index (χ0n) is 17.2. The lowest BCUT2D eigenvalue weighted by atomic mass is 10.2. The molecule has 2 aromatic carbocycles. The van der Waals surface area contributed by atoms with Gasteiger partial charge >= 0.3 is 0 Å². The van der Waals surface area contributed by atoms with E-state index in [0.717, 1.165) is 25.9 Å². The van der Waals surface area contributed by atoms with Crippen molar-refractivity contribution in [3.8, 4) is 11.4 Å². The largest absolute Gasteiger partial charge is 0.490 e. The van der Waals surface area contributed by atoms with Crippen LogP contribution in [0.25, 0.3) is 5.69 Å². The summed E-state index contributed by atoms with van der Waals surface area (Å²) in [7, 11) is 0. The quantitative estimate of drug-likeness (QED) is 0.622. The van der Waals surface area contributed by atoms with Crippen molar-refractivity contribution in [3.05, 3.63) is 75.7 Å². The summed E-state index contributed by atoms with van der Waals surface area (Å²) >= 11 is 5.95. The number of hydrogen-bond acceptors (Lipinski definition) is 5. The minimum atomic E-state index is -0.356. The second-order valence-corrected chi connectivity index (χ2v) is 7.65. The van der Waals surface area contributed by atoms with Crippen LogP contribution in [0.2, 0.25) is 5.02 Å². The minimum absolute atomic E-state index is 0.0352. The molecule has 0 radical (unpaired) electrons. The first-order valence-corrected chi connectivity index (χ1v) is 10.6. The molecular formula is C23H23ClN4O3. The molecule has 4 rings (SSSR count). The number of hydrogen-bond donors (Lipinski definition) is 1. The number of rotatable bonds is 6. The van der Waals surface area contributed by atoms with Crippen molar-refractivity contribution in [3.63, 3.8) is 0 Å². The fraction of sp³-hybridized carbons (Fsp3) is 0.261. The van der Waals surface area contributed by atoms with Crippen LogP contribution in [-0.4, -0.2) is 40.3 Å². The fourth-order valence-corrected chi connectivity index (χ4v) is 3.65. The number of carbonyl (C=O) groups excluding carboxylic acids is 1. The number of halogens is 1. The van der Waals surface area contributed by atoms with Gasteiger partial charge in [0.1, 0.15) is 0 Å². The molecule has 1 fully saturated rings. The van der Waals surface area contributed by atoms with Crippen LogP contribution in [0.4, 0.5) is 11.4 Å². The first kappa shape index (κ1) is 20.9. The fourth-order valence-electron chi connectivity index (χ4n) is 3.53. The Morgan fingerprint density at radius 1 is 1.10 bits per heavy atom. The molecule has 0 aliphatic carbocycles. The Labute approximate surface area is 185 Å². The van der Waals surface area contributed by atoms with Gasteiger partial charge < -0.3 is 15.0 Å². The van der Waals surface area contributed by atoms with E-state index in [2.05, 4.69) is 10.4 Å². The molecule has 0 atom stereocenters. The number of ether oxygens (including phenoxy) is 1. The average molecular weight is 439 g/mol. The van der Waals surface area contributed by atoms with E-state index in [4.69, 9.17) is 16.3 Å². The Morgan fingerprint density at radius 3 is 2.42 bits per heavy atom. The van der Waals surface area contributed by atoms with Crippen molar-refractivity contribution >= 4 is 28.9 Å². The predicted molar refractivity (Wildman–Crippen MR) is 121 cm³/mol. The van der Waals surface area contributed by atoms with E-state index in [-0.39, 0.29) is 17.2 Å². The molecule has 3 aromatic rings. The minimum Gasteiger partial charge on any atom is -0.490 e. The molecule has 1 N–H and O–H groups in total. The summed E-state index contributed by atoms with van der Waals surface area (Å²) in [5.74, 6) is 0.392. The number of nitrogens with zero attached hydrogens (tertiary/aromatic N) is 3. The van der Waals surface area contributed by atoms with Gasteiger partial charge in [-0.2, -0.15) is 9.78 Å². The zero-order chi connectivity index (χ0) is 21.8. The first-order valence-electron chi connectivity index (χ1n) is 10.2. The third-order valence-corrected chi connectivity index (χ3v) is 5.36. The van der Waals surface area contributed by atoms with Crippen molar-refractivity contribution in [2.45, 2.75) is 19.8 Å². The number of amides is 1. The van der Waals surface area contributed by atoms with Gasteiger partial charge in [-0.05, 0) is 68.3 Å². The molecule has 1 aliphatic rings. The van der Waals surface area contributed by atoms with Crippen LogP contribution in [0.15, 0.2) is 59.5 Å². The number of anilines is 2. The Balaban J connectivity index is 1.63. The topological polar surface area (TPSA) is 76.5 Å². The standard InChI is InChI=1S/C23H23ClN4O3/c1-2-31-20-15-25-28(19-11-7-17(24)8-12-19)23(30)21(20)26-18-9-5-16(6-10-18)22(29)27-13-3-4-14-27/h5-12,15,26H,2-4,13-14H2,1H3. The molecule has 7 nitrogen and oxygen atoms in total. The molecular weight excluding hydrogens is 416 g/mol. The number of aromatic nitrogens is 2. The Kier molecular flexibility index (Phi) is 6.23. The van der Waals surface area contributed by atoms with E-state index in [1.807, 2.05) is 11.8 Å². The maximum atomic E-state index is 13.2. The van der Waals surface area contributed by atoms with Crippen LogP contribution in [-0.2, 0) is 0 Å². The lowest BCUT2D eigenvalue weighted by Gasteiger charge is -2.16. The number of nitrogens with one attached hydrogen (secondary N) is 1. The highest BCUT2D eigenvalue weighted by atomic mass is 35.5. The molecule has 1 saturated heterocycles. The zero-order valence-corrected chi connectivity index (χ0v) is 17.9. The van der Waals surface area contributed by atoms with Crippen LogP contribution in [0.3, 0.4) is 0 Å². The molecule has 2 heterocycles. The van der Waals surface area contributed by atoms with E-state index in [1.165, 1.54) is 10.9 Å². The Bertz CT molecular complexity index is 1120. The lowest BCUT2D eigenvalue weighted by Crippen LogP contribution is -2.27.